The number of carbonyl (C=O) groups excluding carboxylic acids is 5. The van der Waals surface area contributed by atoms with E-state index in [1.54, 1.807) is 4.90 Å². The van der Waals surface area contributed by atoms with Crippen LogP contribution in [-0.4, -0.2) is 408 Å². The van der Waals surface area contributed by atoms with Crippen LogP contribution in [-0.2, 0) is 62.8 Å². The largest absolute Gasteiger partial charge is 3.00 e. The van der Waals surface area contributed by atoms with Crippen LogP contribution in [0.1, 0.15) is 32.6 Å². The summed E-state index contributed by atoms with van der Waals surface area (Å²) in [5.74, 6) is -65.3. The van der Waals surface area contributed by atoms with Crippen molar-refractivity contribution < 1.29 is 206 Å². The Morgan fingerprint density at radius 2 is 0.694 bits per heavy atom. The van der Waals surface area contributed by atoms with Gasteiger partial charge in [0.25, 0.3) is 10.0 Å². The third-order valence-corrected chi connectivity index (χ3v) is 19.1. The van der Waals surface area contributed by atoms with E-state index in [1.807, 2.05) is 0 Å². The Kier molecular flexibility index (Phi) is 38.1. The average molecular weight is 1770 g/mol. The molecule has 10 N–H and O–H groups in total. The third-order valence-electron chi connectivity index (χ3n) is 17.1. The number of sulfonamides is 1. The standard InChI is InChI=1S/C56H83F17N14O19S.Gd/c1-36(85-22-20-83(34-45(99)100)18-16-82(33-44(97)98)17-19-84(21-23-85)35-46(101)102)47(103)76-28-39(89)74-6-3-2-4-37(77-38(88)5-7-75-40(90)29-78-8-10-79(30-41(91)92)12-14-81(32-43(95)96)15-13-80(11-9-78)31-42(93)94)48(104)86-24-26-87(27-25-86)107(105,106)56(72,73)54(67,68)52(63,64)50(59,60)49(57,58)51(61,62)53(65,66)55(69,70)71;/h36-37H,2-35H2,1H3,(H,74,89)(H,75,90)(H,76,103)(H,77,88)(H,91,92)(H,93,94)(H,95,96)(H,97,98)(H,99,100)(H,101,102);/q;+3/t36?,37-;/m0./s1. The molecule has 3 heterocycles. The number of carboxylic acid groups (broad SMARTS) is 6. The van der Waals surface area contributed by atoms with E-state index in [1.165, 1.54) is 41.2 Å². The minimum Gasteiger partial charge on any atom is -0.480 e. The number of alkyl halides is 17. The molecule has 3 aliphatic heterocycles. The summed E-state index contributed by atoms with van der Waals surface area (Å²) in [6.07, 6.45) is -9.63. The summed E-state index contributed by atoms with van der Waals surface area (Å²) >= 11 is 0. The normalized spacial score (nSPS) is 18.8. The van der Waals surface area contributed by atoms with E-state index in [9.17, 15) is 158 Å². The Bertz CT molecular complexity index is 3130. The zero-order chi connectivity index (χ0) is 81.6. The van der Waals surface area contributed by atoms with Crippen molar-refractivity contribution in [1.29, 1.82) is 0 Å². The number of piperazine rings is 1. The van der Waals surface area contributed by atoms with Crippen LogP contribution in [0.25, 0.3) is 0 Å². The molecule has 3 fully saturated rings. The Labute approximate surface area is 636 Å². The van der Waals surface area contributed by atoms with Crippen LogP contribution in [0.15, 0.2) is 0 Å². The molecule has 0 aliphatic carbocycles. The zero-order valence-electron chi connectivity index (χ0n) is 57.3. The molecule has 0 aromatic carbocycles. The maximum Gasteiger partial charge on any atom is 3.00 e. The molecule has 621 valence electrons. The van der Waals surface area contributed by atoms with Crippen molar-refractivity contribution in [1.82, 2.24) is 69.7 Å². The fraction of sp³-hybridized carbons (Fsp3) is 0.804. The fourth-order valence-corrected chi connectivity index (χ4v) is 12.4. The van der Waals surface area contributed by atoms with Gasteiger partial charge in [-0.1, -0.05) is 0 Å². The molecule has 3 saturated heterocycles. The molecule has 0 saturated carbocycles. The van der Waals surface area contributed by atoms with Gasteiger partial charge in [0.1, 0.15) is 6.04 Å². The first kappa shape index (κ1) is 98.0. The quantitative estimate of drug-likeness (QED) is 0.0243. The van der Waals surface area contributed by atoms with Crippen LogP contribution < -0.4 is 21.3 Å². The third kappa shape index (κ3) is 27.4. The number of carboxylic acids is 6. The maximum absolute atomic E-state index is 15.3. The molecule has 0 bridgehead atoms. The predicted molar refractivity (Wildman–Crippen MR) is 329 cm³/mol. The van der Waals surface area contributed by atoms with Crippen molar-refractivity contribution in [2.75, 3.05) is 196 Å². The number of nitrogens with one attached hydrogen (secondary N) is 4. The number of aliphatic carboxylic acids is 6. The second-order valence-corrected chi connectivity index (χ2v) is 27.0. The van der Waals surface area contributed by atoms with Crippen molar-refractivity contribution in [2.24, 2.45) is 0 Å². The molecule has 1 unspecified atom stereocenters. The molecule has 1 radical (unpaired) electrons. The number of unbranched alkanes of at least 4 members (excludes halogenated alkanes) is 1. The van der Waals surface area contributed by atoms with Gasteiger partial charge >= 0.3 is 123 Å². The first-order chi connectivity index (χ1) is 49.2. The van der Waals surface area contributed by atoms with E-state index < -0.39 is 237 Å². The van der Waals surface area contributed by atoms with Crippen LogP contribution in [0.5, 0.6) is 0 Å². The van der Waals surface area contributed by atoms with E-state index in [2.05, 4.69) is 21.3 Å². The Morgan fingerprint density at radius 3 is 1.04 bits per heavy atom. The van der Waals surface area contributed by atoms with Crippen LogP contribution in [0.3, 0.4) is 0 Å². The smallest absolute Gasteiger partial charge is 0.480 e. The Morgan fingerprint density at radius 1 is 0.380 bits per heavy atom. The molecular formula is C56H83F17GdN14O19S+3. The summed E-state index contributed by atoms with van der Waals surface area (Å²) in [6, 6.07) is -2.90. The first-order valence-electron chi connectivity index (χ1n) is 32.4. The molecule has 0 aromatic heterocycles. The van der Waals surface area contributed by atoms with E-state index in [-0.39, 0.29) is 164 Å². The van der Waals surface area contributed by atoms with Crippen molar-refractivity contribution in [3.8, 4) is 0 Å². The van der Waals surface area contributed by atoms with Crippen molar-refractivity contribution in [3.05, 3.63) is 0 Å². The van der Waals surface area contributed by atoms with E-state index in [0.29, 0.717) is 4.90 Å². The molecule has 33 nitrogen and oxygen atoms in total. The van der Waals surface area contributed by atoms with Crippen molar-refractivity contribution in [2.45, 2.75) is 91.7 Å². The van der Waals surface area contributed by atoms with Crippen LogP contribution >= 0.6 is 0 Å². The first-order valence-corrected chi connectivity index (χ1v) is 33.8. The SMILES string of the molecule is CC(C(=O)NCC(=O)NCCCC[C@H](NC(=O)CCNC(=O)CN1CCN(CC(=O)O)CCN(CC(=O)O)CCN(CC(=O)O)CC1)C(=O)N1CCN(S(=O)(=O)C(F)(F)C(F)(F)C(F)(F)C(F)(F)C(F)(F)C(F)(F)C(F)(F)C(F)(F)F)CC1)N1CCN(CC(=O)O)CCN(CC(=O)O)CCN(CC(=O)O)CC1.[Gd+3]. The molecular weight excluding hydrogens is 1680 g/mol. The number of hydrogen-bond acceptors (Lipinski definition) is 21. The minimum atomic E-state index is -9.09. The Hall–Kier alpha value is -6.11. The number of hydrogen-bond donors (Lipinski definition) is 10. The molecule has 0 spiro atoms. The zero-order valence-corrected chi connectivity index (χ0v) is 60.4. The summed E-state index contributed by atoms with van der Waals surface area (Å²) in [5, 5.41) is 58.7. The molecule has 52 heteroatoms. The summed E-state index contributed by atoms with van der Waals surface area (Å²) < 4.78 is 264. The van der Waals surface area contributed by atoms with Gasteiger partial charge in [0, 0.05) is 150 Å². The molecule has 0 aromatic rings. The van der Waals surface area contributed by atoms with E-state index in [0.717, 1.165) is 0 Å². The van der Waals surface area contributed by atoms with Crippen LogP contribution in [0, 0.1) is 39.9 Å². The molecule has 3 rings (SSSR count). The van der Waals surface area contributed by atoms with Gasteiger partial charge in [0.15, 0.2) is 0 Å². The monoisotopic (exact) mass is 1770 g/mol. The van der Waals surface area contributed by atoms with Crippen LogP contribution in [0.2, 0.25) is 0 Å². The maximum atomic E-state index is 15.3. The Balaban J connectivity index is 0.0000396. The number of nitrogens with zero attached hydrogens (tertiary/aromatic N) is 10. The summed E-state index contributed by atoms with van der Waals surface area (Å²) in [4.78, 5) is 150. The van der Waals surface area contributed by atoms with Gasteiger partial charge in [-0.15, -0.1) is 0 Å². The number of carbonyl (C=O) groups is 11. The predicted octanol–water partition coefficient (Wildman–Crippen LogP) is -1.84. The van der Waals surface area contributed by atoms with Gasteiger partial charge in [-0.2, -0.15) is 78.9 Å². The topological polar surface area (TPSA) is 424 Å². The molecule has 108 heavy (non-hydrogen) atoms. The van der Waals surface area contributed by atoms with Gasteiger partial charge in [-0.05, 0) is 26.2 Å². The van der Waals surface area contributed by atoms with E-state index in [4.69, 9.17) is 0 Å². The van der Waals surface area contributed by atoms with Crippen LogP contribution in [0.4, 0.5) is 74.6 Å². The number of amides is 5. The molecule has 2 atom stereocenters. The van der Waals surface area contributed by atoms with Crippen molar-refractivity contribution in [3.63, 3.8) is 0 Å². The second-order valence-electron chi connectivity index (χ2n) is 25.0. The van der Waals surface area contributed by atoms with Crippen molar-refractivity contribution >= 4 is 75.4 Å². The van der Waals surface area contributed by atoms with Gasteiger partial charge in [-0.25, -0.2) is 8.42 Å². The number of rotatable bonds is 36. The summed E-state index contributed by atoms with van der Waals surface area (Å²) in [5.41, 5.74) is 0. The van der Waals surface area contributed by atoms with Gasteiger partial charge in [-0.3, -0.25) is 91.9 Å². The number of halogens is 17. The van der Waals surface area contributed by atoms with Gasteiger partial charge < -0.3 is 56.8 Å². The fourth-order valence-electron chi connectivity index (χ4n) is 11.0. The second kappa shape index (κ2) is 42.0. The molecule has 5 amide bonds. The van der Waals surface area contributed by atoms with E-state index >= 15 is 8.78 Å². The van der Waals surface area contributed by atoms with Gasteiger partial charge in [0.2, 0.25) is 29.5 Å². The molecule has 3 aliphatic rings. The summed E-state index contributed by atoms with van der Waals surface area (Å²) in [6.45, 7) is -9.46. The average Bonchev–Trinajstić information content (AvgIpc) is 0.689. The summed E-state index contributed by atoms with van der Waals surface area (Å²) in [7, 11) is -7.75. The minimum absolute atomic E-state index is 0. The van der Waals surface area contributed by atoms with Gasteiger partial charge in [0.05, 0.1) is 58.4 Å².